The average molecular weight is 303 g/mol. The molecule has 0 aliphatic carbocycles. The fourth-order valence-electron chi connectivity index (χ4n) is 2.09. The maximum Gasteiger partial charge on any atom is 0.357 e. The smallest absolute Gasteiger partial charge is 0.357 e. The summed E-state index contributed by atoms with van der Waals surface area (Å²) in [6.45, 7) is 7.30. The van der Waals surface area contributed by atoms with Gasteiger partial charge < -0.3 is 5.11 Å². The molecule has 0 aromatic carbocycles. The topological polar surface area (TPSA) is 103 Å². The normalized spacial score (nSPS) is 13.9. The quantitative estimate of drug-likeness (QED) is 0.828. The van der Waals surface area contributed by atoms with E-state index in [4.69, 9.17) is 5.11 Å². The van der Waals surface area contributed by atoms with E-state index < -0.39 is 21.7 Å². The van der Waals surface area contributed by atoms with Crippen LogP contribution in [0.25, 0.3) is 0 Å². The molecule has 0 amide bonds. The van der Waals surface area contributed by atoms with Gasteiger partial charge in [-0.3, -0.25) is 5.10 Å². The maximum atomic E-state index is 12.6. The molecule has 114 valence electrons. The number of sulfonamides is 1. The van der Waals surface area contributed by atoms with Crippen LogP contribution in [0.5, 0.6) is 0 Å². The minimum atomic E-state index is -3.89. The number of hydrogen-bond donors (Lipinski definition) is 2. The van der Waals surface area contributed by atoms with Crippen molar-refractivity contribution >= 4 is 16.0 Å². The number of aromatic carboxylic acids is 1. The summed E-state index contributed by atoms with van der Waals surface area (Å²) in [5.74, 6) is -1.02. The highest BCUT2D eigenvalue weighted by atomic mass is 32.2. The Balaban J connectivity index is 3.23. The second-order valence-electron chi connectivity index (χ2n) is 5.33. The van der Waals surface area contributed by atoms with Crippen molar-refractivity contribution in [1.82, 2.24) is 14.5 Å². The van der Waals surface area contributed by atoms with E-state index in [0.717, 1.165) is 0 Å². The third kappa shape index (κ3) is 3.18. The molecule has 1 unspecified atom stereocenters. The molecule has 0 aliphatic rings. The summed E-state index contributed by atoms with van der Waals surface area (Å²) in [4.78, 5) is 10.8. The van der Waals surface area contributed by atoms with Crippen molar-refractivity contribution in [2.75, 3.05) is 7.05 Å². The van der Waals surface area contributed by atoms with Crippen LogP contribution in [0.15, 0.2) is 4.90 Å². The van der Waals surface area contributed by atoms with Crippen molar-refractivity contribution in [3.8, 4) is 0 Å². The second-order valence-corrected chi connectivity index (χ2v) is 7.27. The molecule has 1 aromatic rings. The summed E-state index contributed by atoms with van der Waals surface area (Å²) < 4.78 is 26.3. The van der Waals surface area contributed by atoms with E-state index >= 15 is 0 Å². The van der Waals surface area contributed by atoms with Crippen molar-refractivity contribution in [3.63, 3.8) is 0 Å². The van der Waals surface area contributed by atoms with E-state index in [-0.39, 0.29) is 16.6 Å². The molecule has 0 bridgehead atoms. The first-order valence-electron chi connectivity index (χ1n) is 6.35. The van der Waals surface area contributed by atoms with Gasteiger partial charge in [0, 0.05) is 13.1 Å². The number of carboxylic acids is 1. The third-order valence-corrected chi connectivity index (χ3v) is 5.30. The lowest BCUT2D eigenvalue weighted by molar-refractivity contribution is 0.0686. The van der Waals surface area contributed by atoms with Crippen molar-refractivity contribution in [3.05, 3.63) is 11.4 Å². The van der Waals surface area contributed by atoms with Gasteiger partial charge in [0.05, 0.1) is 5.69 Å². The van der Waals surface area contributed by atoms with Gasteiger partial charge in [0.2, 0.25) is 10.0 Å². The van der Waals surface area contributed by atoms with E-state index in [1.54, 1.807) is 6.92 Å². The number of H-pyrrole nitrogens is 1. The number of carbonyl (C=O) groups is 1. The number of aromatic amines is 1. The van der Waals surface area contributed by atoms with E-state index in [1.165, 1.54) is 18.3 Å². The van der Waals surface area contributed by atoms with Gasteiger partial charge in [-0.05, 0) is 26.2 Å². The standard InChI is InChI=1S/C12H21N3O4S/c1-7(2)6-8(3)15(5)20(18,19)11-9(4)13-14-10(11)12(16)17/h7-8H,6H2,1-5H3,(H,13,14)(H,16,17). The van der Waals surface area contributed by atoms with Crippen LogP contribution in [-0.4, -0.2) is 47.1 Å². The molecule has 2 N–H and O–H groups in total. The predicted octanol–water partition coefficient (Wildman–Crippen LogP) is 1.47. The Labute approximate surface area is 119 Å². The zero-order chi connectivity index (χ0) is 15.7. The molecule has 1 heterocycles. The van der Waals surface area contributed by atoms with Crippen LogP contribution in [0, 0.1) is 12.8 Å². The number of rotatable bonds is 6. The van der Waals surface area contributed by atoms with E-state index in [1.807, 2.05) is 13.8 Å². The predicted molar refractivity (Wildman–Crippen MR) is 74.1 cm³/mol. The maximum absolute atomic E-state index is 12.6. The van der Waals surface area contributed by atoms with E-state index in [0.29, 0.717) is 12.3 Å². The van der Waals surface area contributed by atoms with Crippen LogP contribution in [0.1, 0.15) is 43.4 Å². The molecule has 8 heteroatoms. The Hall–Kier alpha value is -1.41. The molecule has 0 spiro atoms. The van der Waals surface area contributed by atoms with Crippen LogP contribution >= 0.6 is 0 Å². The molecular weight excluding hydrogens is 282 g/mol. The summed E-state index contributed by atoms with van der Waals surface area (Å²) in [6, 6.07) is -0.226. The molecule has 1 atom stereocenters. The minimum Gasteiger partial charge on any atom is -0.476 e. The largest absolute Gasteiger partial charge is 0.476 e. The highest BCUT2D eigenvalue weighted by molar-refractivity contribution is 7.89. The Morgan fingerprint density at radius 1 is 1.40 bits per heavy atom. The Morgan fingerprint density at radius 3 is 2.40 bits per heavy atom. The van der Waals surface area contributed by atoms with Gasteiger partial charge in [-0.25, -0.2) is 13.2 Å². The number of aromatic nitrogens is 2. The first-order valence-corrected chi connectivity index (χ1v) is 7.79. The molecule has 1 aromatic heterocycles. The van der Waals surface area contributed by atoms with Crippen LogP contribution in [0.2, 0.25) is 0 Å². The SMILES string of the molecule is Cc1[nH]nc(C(=O)O)c1S(=O)(=O)N(C)C(C)CC(C)C. The monoisotopic (exact) mass is 303 g/mol. The van der Waals surface area contributed by atoms with Gasteiger partial charge in [-0.15, -0.1) is 0 Å². The third-order valence-electron chi connectivity index (χ3n) is 3.16. The van der Waals surface area contributed by atoms with Gasteiger partial charge in [-0.1, -0.05) is 13.8 Å². The Kier molecular flexibility index (Phi) is 4.93. The Bertz CT molecular complexity index is 592. The second kappa shape index (κ2) is 5.92. The molecule has 0 radical (unpaired) electrons. The fraction of sp³-hybridized carbons (Fsp3) is 0.667. The van der Waals surface area contributed by atoms with Crippen LogP contribution in [0.3, 0.4) is 0 Å². The molecule has 20 heavy (non-hydrogen) atoms. The van der Waals surface area contributed by atoms with Crippen LogP contribution < -0.4 is 0 Å². The number of nitrogens with one attached hydrogen (secondary N) is 1. The van der Waals surface area contributed by atoms with Crippen LogP contribution in [-0.2, 0) is 10.0 Å². The number of nitrogens with zero attached hydrogens (tertiary/aromatic N) is 2. The summed E-state index contributed by atoms with van der Waals surface area (Å²) in [5, 5.41) is 15.0. The van der Waals surface area contributed by atoms with E-state index in [2.05, 4.69) is 10.2 Å². The van der Waals surface area contributed by atoms with Crippen molar-refractivity contribution < 1.29 is 18.3 Å². The Morgan fingerprint density at radius 2 is 1.95 bits per heavy atom. The molecule has 0 saturated carbocycles. The highest BCUT2D eigenvalue weighted by Crippen LogP contribution is 2.24. The van der Waals surface area contributed by atoms with Gasteiger partial charge in [-0.2, -0.15) is 9.40 Å². The number of hydrogen-bond acceptors (Lipinski definition) is 4. The summed E-state index contributed by atoms with van der Waals surface area (Å²) in [5.41, 5.74) is -0.239. The average Bonchev–Trinajstić information content (AvgIpc) is 2.69. The molecule has 0 fully saturated rings. The minimum absolute atomic E-state index is 0.226. The first kappa shape index (κ1) is 16.6. The van der Waals surface area contributed by atoms with Crippen LogP contribution in [0.4, 0.5) is 0 Å². The molecular formula is C12H21N3O4S. The zero-order valence-corrected chi connectivity index (χ0v) is 13.2. The molecule has 1 rings (SSSR count). The molecule has 0 saturated heterocycles. The summed E-state index contributed by atoms with van der Waals surface area (Å²) in [7, 11) is -2.43. The lowest BCUT2D eigenvalue weighted by Crippen LogP contribution is -2.36. The summed E-state index contributed by atoms with van der Waals surface area (Å²) in [6.07, 6.45) is 0.690. The number of carboxylic acid groups (broad SMARTS) is 1. The number of aryl methyl sites for hydroxylation is 1. The van der Waals surface area contributed by atoms with Crippen molar-refractivity contribution in [2.45, 2.75) is 45.1 Å². The molecule has 7 nitrogen and oxygen atoms in total. The first-order chi connectivity index (χ1) is 9.09. The zero-order valence-electron chi connectivity index (χ0n) is 12.3. The fourth-order valence-corrected chi connectivity index (χ4v) is 3.75. The lowest BCUT2D eigenvalue weighted by atomic mass is 10.1. The van der Waals surface area contributed by atoms with E-state index in [9.17, 15) is 13.2 Å². The lowest BCUT2D eigenvalue weighted by Gasteiger charge is -2.25. The van der Waals surface area contributed by atoms with Crippen molar-refractivity contribution in [1.29, 1.82) is 0 Å². The highest BCUT2D eigenvalue weighted by Gasteiger charge is 2.33. The van der Waals surface area contributed by atoms with Gasteiger partial charge in [0.1, 0.15) is 4.90 Å². The van der Waals surface area contributed by atoms with Gasteiger partial charge >= 0.3 is 5.97 Å². The van der Waals surface area contributed by atoms with Crippen molar-refractivity contribution in [2.24, 2.45) is 5.92 Å². The summed E-state index contributed by atoms with van der Waals surface area (Å²) >= 11 is 0. The van der Waals surface area contributed by atoms with Gasteiger partial charge in [0.15, 0.2) is 5.69 Å². The van der Waals surface area contributed by atoms with Gasteiger partial charge in [0.25, 0.3) is 0 Å². The molecule has 0 aliphatic heterocycles.